The zero-order valence-electron chi connectivity index (χ0n) is 11.5. The Bertz CT molecular complexity index is 637. The van der Waals surface area contributed by atoms with Crippen LogP contribution < -0.4 is 5.73 Å². The summed E-state index contributed by atoms with van der Waals surface area (Å²) in [5, 5.41) is 0. The molecule has 1 aliphatic rings. The fraction of sp³-hybridized carbons (Fsp3) is 0.538. The maximum Gasteiger partial charge on any atom is 0.246 e. The molecule has 1 heterocycles. The minimum Gasteiger partial charge on any atom is -0.326 e. The third-order valence-electron chi connectivity index (χ3n) is 3.67. The standard InChI is InChI=1S/C13H17BrF2N2O2S/c1-8(17)12-4-2-3-5-18(12)21(19,20)13-6-9(14)10(15)7-11(13)16/h6-8,12H,2-5,17H2,1H3. The number of nitrogens with zero attached hydrogens (tertiary/aromatic N) is 1. The Balaban J connectivity index is 2.48. The maximum absolute atomic E-state index is 13.9. The summed E-state index contributed by atoms with van der Waals surface area (Å²) in [6, 6.07) is 0.813. The predicted molar refractivity (Wildman–Crippen MR) is 79.2 cm³/mol. The number of nitrogens with two attached hydrogens (primary N) is 1. The van der Waals surface area contributed by atoms with Crippen LogP contribution in [0.1, 0.15) is 26.2 Å². The maximum atomic E-state index is 13.9. The first-order valence-corrected chi connectivity index (χ1v) is 8.90. The summed E-state index contributed by atoms with van der Waals surface area (Å²) in [5.74, 6) is -1.93. The van der Waals surface area contributed by atoms with Gasteiger partial charge in [0, 0.05) is 24.7 Å². The molecule has 0 aromatic heterocycles. The zero-order valence-corrected chi connectivity index (χ0v) is 13.9. The van der Waals surface area contributed by atoms with E-state index >= 15 is 0 Å². The molecule has 1 saturated heterocycles. The molecule has 1 aromatic carbocycles. The molecule has 1 aromatic rings. The van der Waals surface area contributed by atoms with Crippen molar-refractivity contribution >= 4 is 26.0 Å². The largest absolute Gasteiger partial charge is 0.326 e. The molecule has 1 aliphatic heterocycles. The molecule has 4 nitrogen and oxygen atoms in total. The lowest BCUT2D eigenvalue weighted by molar-refractivity contribution is 0.226. The number of rotatable bonds is 3. The van der Waals surface area contributed by atoms with Crippen molar-refractivity contribution in [2.24, 2.45) is 5.73 Å². The second-order valence-electron chi connectivity index (χ2n) is 5.23. The van der Waals surface area contributed by atoms with Crippen LogP contribution in [0.5, 0.6) is 0 Å². The van der Waals surface area contributed by atoms with Crippen LogP contribution in [0.25, 0.3) is 0 Å². The van der Waals surface area contributed by atoms with Crippen molar-refractivity contribution in [2.45, 2.75) is 43.2 Å². The lowest BCUT2D eigenvalue weighted by Crippen LogP contribution is -2.51. The molecule has 8 heteroatoms. The van der Waals surface area contributed by atoms with E-state index in [-0.39, 0.29) is 16.6 Å². The molecule has 2 rings (SSSR count). The lowest BCUT2D eigenvalue weighted by Gasteiger charge is -2.36. The minimum atomic E-state index is -4.04. The van der Waals surface area contributed by atoms with Gasteiger partial charge in [-0.05, 0) is 41.8 Å². The Morgan fingerprint density at radius 1 is 1.33 bits per heavy atom. The van der Waals surface area contributed by atoms with Gasteiger partial charge in [0.05, 0.1) is 4.47 Å². The summed E-state index contributed by atoms with van der Waals surface area (Å²) in [6.07, 6.45) is 2.22. The van der Waals surface area contributed by atoms with Gasteiger partial charge in [0.2, 0.25) is 10.0 Å². The molecule has 118 valence electrons. The van der Waals surface area contributed by atoms with Gasteiger partial charge in [-0.25, -0.2) is 17.2 Å². The van der Waals surface area contributed by atoms with Gasteiger partial charge in [0.15, 0.2) is 0 Å². The van der Waals surface area contributed by atoms with E-state index in [0.717, 1.165) is 12.5 Å². The number of piperidine rings is 1. The third kappa shape index (κ3) is 3.28. The fourth-order valence-corrected chi connectivity index (χ4v) is 4.93. The molecular weight excluding hydrogens is 366 g/mol. The van der Waals surface area contributed by atoms with Crippen LogP contribution in [0.3, 0.4) is 0 Å². The van der Waals surface area contributed by atoms with Crippen LogP contribution in [0, 0.1) is 11.6 Å². The molecule has 2 atom stereocenters. The summed E-state index contributed by atoms with van der Waals surface area (Å²) in [6.45, 7) is 2.03. The Hall–Kier alpha value is -0.570. The monoisotopic (exact) mass is 382 g/mol. The van der Waals surface area contributed by atoms with Crippen molar-refractivity contribution in [3.63, 3.8) is 0 Å². The van der Waals surface area contributed by atoms with Crippen molar-refractivity contribution in [1.82, 2.24) is 4.31 Å². The minimum absolute atomic E-state index is 0.0863. The van der Waals surface area contributed by atoms with Crippen molar-refractivity contribution < 1.29 is 17.2 Å². The summed E-state index contributed by atoms with van der Waals surface area (Å²) in [5.41, 5.74) is 5.86. The van der Waals surface area contributed by atoms with Crippen molar-refractivity contribution in [3.05, 3.63) is 28.2 Å². The smallest absolute Gasteiger partial charge is 0.246 e. The van der Waals surface area contributed by atoms with E-state index in [1.54, 1.807) is 6.92 Å². The Labute approximate surface area is 131 Å². The molecule has 0 amide bonds. The van der Waals surface area contributed by atoms with E-state index in [1.165, 1.54) is 4.31 Å². The second-order valence-corrected chi connectivity index (χ2v) is 7.95. The molecule has 0 aliphatic carbocycles. The molecule has 1 fully saturated rings. The number of hydrogen-bond donors (Lipinski definition) is 1. The first-order valence-electron chi connectivity index (χ1n) is 6.67. The van der Waals surface area contributed by atoms with E-state index in [1.807, 2.05) is 0 Å². The average molecular weight is 383 g/mol. The summed E-state index contributed by atoms with van der Waals surface area (Å²) >= 11 is 2.89. The number of halogens is 3. The van der Waals surface area contributed by atoms with Gasteiger partial charge in [0.25, 0.3) is 0 Å². The van der Waals surface area contributed by atoms with E-state index in [9.17, 15) is 17.2 Å². The van der Waals surface area contributed by atoms with Crippen LogP contribution in [-0.2, 0) is 10.0 Å². The van der Waals surface area contributed by atoms with Gasteiger partial charge in [-0.1, -0.05) is 6.42 Å². The molecule has 0 spiro atoms. The van der Waals surface area contributed by atoms with E-state index in [2.05, 4.69) is 15.9 Å². The van der Waals surface area contributed by atoms with Crippen LogP contribution in [-0.4, -0.2) is 31.4 Å². The molecular formula is C13H17BrF2N2O2S. The van der Waals surface area contributed by atoms with Gasteiger partial charge in [-0.2, -0.15) is 4.31 Å². The normalized spacial score (nSPS) is 22.2. The van der Waals surface area contributed by atoms with Crippen molar-refractivity contribution in [2.75, 3.05) is 6.54 Å². The molecule has 2 unspecified atom stereocenters. The van der Waals surface area contributed by atoms with E-state index in [4.69, 9.17) is 5.73 Å². The van der Waals surface area contributed by atoms with Crippen LogP contribution in [0.2, 0.25) is 0 Å². The van der Waals surface area contributed by atoms with Crippen molar-refractivity contribution in [1.29, 1.82) is 0 Å². The summed E-state index contributed by atoms with van der Waals surface area (Å²) in [4.78, 5) is -0.525. The highest BCUT2D eigenvalue weighted by Crippen LogP contribution is 2.30. The average Bonchev–Trinajstić information content (AvgIpc) is 2.42. The predicted octanol–water partition coefficient (Wildman–Crippen LogP) is 2.62. The number of hydrogen-bond acceptors (Lipinski definition) is 3. The Kier molecular flexibility index (Phi) is 5.02. The lowest BCUT2D eigenvalue weighted by atomic mass is 10.00. The van der Waals surface area contributed by atoms with Gasteiger partial charge in [0.1, 0.15) is 16.5 Å². The molecule has 21 heavy (non-hydrogen) atoms. The van der Waals surface area contributed by atoms with Crippen LogP contribution in [0.4, 0.5) is 8.78 Å². The Morgan fingerprint density at radius 2 is 2.00 bits per heavy atom. The molecule has 2 N–H and O–H groups in total. The van der Waals surface area contributed by atoms with Crippen LogP contribution >= 0.6 is 15.9 Å². The second kappa shape index (κ2) is 6.28. The van der Waals surface area contributed by atoms with Gasteiger partial charge in [-0.15, -0.1) is 0 Å². The van der Waals surface area contributed by atoms with Gasteiger partial charge >= 0.3 is 0 Å². The van der Waals surface area contributed by atoms with Crippen molar-refractivity contribution in [3.8, 4) is 0 Å². The highest BCUT2D eigenvalue weighted by molar-refractivity contribution is 9.10. The highest BCUT2D eigenvalue weighted by Gasteiger charge is 2.37. The zero-order chi connectivity index (χ0) is 15.8. The molecule has 0 bridgehead atoms. The number of benzene rings is 1. The fourth-order valence-electron chi connectivity index (χ4n) is 2.58. The Morgan fingerprint density at radius 3 is 2.62 bits per heavy atom. The highest BCUT2D eigenvalue weighted by atomic mass is 79.9. The molecule has 0 saturated carbocycles. The first kappa shape index (κ1) is 16.8. The van der Waals surface area contributed by atoms with Crippen LogP contribution in [0.15, 0.2) is 21.5 Å². The summed E-state index contributed by atoms with van der Waals surface area (Å²) < 4.78 is 53.7. The van der Waals surface area contributed by atoms with E-state index < -0.39 is 26.6 Å². The summed E-state index contributed by atoms with van der Waals surface area (Å²) in [7, 11) is -4.04. The SMILES string of the molecule is CC(N)C1CCCCN1S(=O)(=O)c1cc(Br)c(F)cc1F. The van der Waals surface area contributed by atoms with Gasteiger partial charge in [-0.3, -0.25) is 0 Å². The third-order valence-corrected chi connectivity index (χ3v) is 6.21. The first-order chi connectivity index (χ1) is 9.75. The topological polar surface area (TPSA) is 63.4 Å². The number of sulfonamides is 1. The quantitative estimate of drug-likeness (QED) is 0.817. The van der Waals surface area contributed by atoms with Gasteiger partial charge < -0.3 is 5.73 Å². The van der Waals surface area contributed by atoms with E-state index in [0.29, 0.717) is 25.5 Å². The molecule has 0 radical (unpaired) electrons.